The van der Waals surface area contributed by atoms with Gasteiger partial charge in [0.1, 0.15) is 0 Å². The molecule has 5 nitrogen and oxygen atoms in total. The van der Waals surface area contributed by atoms with E-state index in [9.17, 15) is 4.79 Å². The summed E-state index contributed by atoms with van der Waals surface area (Å²) < 4.78 is 6.75. The van der Waals surface area contributed by atoms with Gasteiger partial charge in [-0.25, -0.2) is 4.79 Å². The Morgan fingerprint density at radius 2 is 1.69 bits per heavy atom. The summed E-state index contributed by atoms with van der Waals surface area (Å²) in [6.07, 6.45) is 3.84. The van der Waals surface area contributed by atoms with Gasteiger partial charge in [-0.1, -0.05) is 42.5 Å². The first-order valence-corrected chi connectivity index (χ1v) is 8.56. The molecule has 2 aromatic carbocycles. The molecular formula is C21H23N3O2. The second kappa shape index (κ2) is 8.76. The molecule has 0 saturated heterocycles. The molecule has 0 saturated carbocycles. The van der Waals surface area contributed by atoms with E-state index in [0.29, 0.717) is 6.54 Å². The van der Waals surface area contributed by atoms with Crippen molar-refractivity contribution in [1.29, 1.82) is 0 Å². The molecule has 2 N–H and O–H groups in total. The van der Waals surface area contributed by atoms with Gasteiger partial charge in [0, 0.05) is 37.7 Å². The van der Waals surface area contributed by atoms with Crippen molar-refractivity contribution in [3.63, 3.8) is 0 Å². The maximum Gasteiger partial charge on any atom is 0.407 e. The smallest absolute Gasteiger partial charge is 0.407 e. The number of carbonyl (C=O) groups is 1. The lowest BCUT2D eigenvalue weighted by Gasteiger charge is -2.08. The standard InChI is InChI=1S/C21H23N3O2/c1-26-21(25)23-13-17-7-9-20(10-8-17)22-14-19-11-12-24(16-19)15-18-5-3-2-4-6-18/h2-12,16,22H,13-15H2,1H3,(H,23,25). The van der Waals surface area contributed by atoms with Gasteiger partial charge in [0.15, 0.2) is 0 Å². The number of anilines is 1. The van der Waals surface area contributed by atoms with Gasteiger partial charge in [-0.05, 0) is 34.9 Å². The van der Waals surface area contributed by atoms with Crippen LogP contribution in [-0.2, 0) is 24.4 Å². The van der Waals surface area contributed by atoms with Crippen LogP contribution in [0.2, 0.25) is 0 Å². The SMILES string of the molecule is COC(=O)NCc1ccc(NCc2ccn(Cc3ccccc3)c2)cc1. The van der Waals surface area contributed by atoms with Gasteiger partial charge in [0.2, 0.25) is 0 Å². The third-order valence-electron chi connectivity index (χ3n) is 4.09. The van der Waals surface area contributed by atoms with Crippen molar-refractivity contribution in [2.24, 2.45) is 0 Å². The molecule has 3 rings (SSSR count). The minimum absolute atomic E-state index is 0.424. The van der Waals surface area contributed by atoms with Crippen molar-refractivity contribution >= 4 is 11.8 Å². The molecule has 0 atom stereocenters. The third-order valence-corrected chi connectivity index (χ3v) is 4.09. The predicted octanol–water partition coefficient (Wildman–Crippen LogP) is 4.00. The minimum atomic E-state index is -0.424. The van der Waals surface area contributed by atoms with E-state index in [1.807, 2.05) is 30.3 Å². The number of aromatic nitrogens is 1. The average Bonchev–Trinajstić information content (AvgIpc) is 3.13. The van der Waals surface area contributed by atoms with Gasteiger partial charge in [-0.2, -0.15) is 0 Å². The Hall–Kier alpha value is -3.21. The lowest BCUT2D eigenvalue weighted by molar-refractivity contribution is 0.170. The van der Waals surface area contributed by atoms with Crippen molar-refractivity contribution < 1.29 is 9.53 Å². The summed E-state index contributed by atoms with van der Waals surface area (Å²) >= 11 is 0. The monoisotopic (exact) mass is 349 g/mol. The second-order valence-electron chi connectivity index (χ2n) is 6.07. The summed E-state index contributed by atoms with van der Waals surface area (Å²) in [5.74, 6) is 0. The van der Waals surface area contributed by atoms with E-state index < -0.39 is 6.09 Å². The topological polar surface area (TPSA) is 55.3 Å². The summed E-state index contributed by atoms with van der Waals surface area (Å²) in [5, 5.41) is 6.08. The van der Waals surface area contributed by atoms with Crippen LogP contribution in [0.4, 0.5) is 10.5 Å². The third kappa shape index (κ3) is 5.14. The fourth-order valence-electron chi connectivity index (χ4n) is 2.68. The zero-order chi connectivity index (χ0) is 18.2. The maximum absolute atomic E-state index is 11.1. The summed E-state index contributed by atoms with van der Waals surface area (Å²) in [6.45, 7) is 2.10. The van der Waals surface area contributed by atoms with Crippen molar-refractivity contribution in [3.8, 4) is 0 Å². The maximum atomic E-state index is 11.1. The zero-order valence-corrected chi connectivity index (χ0v) is 14.8. The quantitative estimate of drug-likeness (QED) is 0.678. The number of hydrogen-bond donors (Lipinski definition) is 2. The Labute approximate surface area is 153 Å². The van der Waals surface area contributed by atoms with Crippen LogP contribution in [0.25, 0.3) is 0 Å². The number of amides is 1. The number of nitrogens with one attached hydrogen (secondary N) is 2. The highest BCUT2D eigenvalue weighted by molar-refractivity contribution is 5.66. The minimum Gasteiger partial charge on any atom is -0.453 e. The second-order valence-corrected chi connectivity index (χ2v) is 6.07. The van der Waals surface area contributed by atoms with E-state index in [4.69, 9.17) is 0 Å². The Morgan fingerprint density at radius 1 is 0.923 bits per heavy atom. The van der Waals surface area contributed by atoms with Gasteiger partial charge in [-0.3, -0.25) is 0 Å². The first-order chi connectivity index (χ1) is 12.7. The molecular weight excluding hydrogens is 326 g/mol. The van der Waals surface area contributed by atoms with E-state index in [-0.39, 0.29) is 0 Å². The van der Waals surface area contributed by atoms with Gasteiger partial charge >= 0.3 is 6.09 Å². The summed E-state index contributed by atoms with van der Waals surface area (Å²) in [5.41, 5.74) is 4.59. The molecule has 1 heterocycles. The first-order valence-electron chi connectivity index (χ1n) is 8.56. The van der Waals surface area contributed by atoms with Crippen molar-refractivity contribution in [2.75, 3.05) is 12.4 Å². The number of ether oxygens (including phenoxy) is 1. The van der Waals surface area contributed by atoms with Gasteiger partial charge < -0.3 is 19.9 Å². The number of nitrogens with zero attached hydrogens (tertiary/aromatic N) is 1. The Bertz CT molecular complexity index is 826. The highest BCUT2D eigenvalue weighted by Gasteiger charge is 2.01. The highest BCUT2D eigenvalue weighted by atomic mass is 16.5. The summed E-state index contributed by atoms with van der Waals surface area (Å²) in [7, 11) is 1.36. The summed E-state index contributed by atoms with van der Waals surface area (Å²) in [6, 6.07) is 20.5. The van der Waals surface area contributed by atoms with Crippen LogP contribution in [0.1, 0.15) is 16.7 Å². The van der Waals surface area contributed by atoms with Crippen molar-refractivity contribution in [3.05, 3.63) is 89.7 Å². The normalized spacial score (nSPS) is 10.3. The lowest BCUT2D eigenvalue weighted by Crippen LogP contribution is -2.22. The number of benzene rings is 2. The molecule has 1 aromatic heterocycles. The zero-order valence-electron chi connectivity index (χ0n) is 14.8. The number of carbonyl (C=O) groups excluding carboxylic acids is 1. The molecule has 26 heavy (non-hydrogen) atoms. The average molecular weight is 349 g/mol. The van der Waals surface area contributed by atoms with E-state index in [1.165, 1.54) is 18.2 Å². The number of hydrogen-bond acceptors (Lipinski definition) is 3. The molecule has 0 fully saturated rings. The largest absolute Gasteiger partial charge is 0.453 e. The van der Waals surface area contributed by atoms with E-state index in [2.05, 4.69) is 62.7 Å². The molecule has 0 unspecified atom stereocenters. The Morgan fingerprint density at radius 3 is 2.42 bits per heavy atom. The van der Waals surface area contributed by atoms with Crippen LogP contribution >= 0.6 is 0 Å². The Balaban J connectivity index is 1.49. The van der Waals surface area contributed by atoms with Gasteiger partial charge in [0.05, 0.1) is 7.11 Å². The number of methoxy groups -OCH3 is 1. The van der Waals surface area contributed by atoms with Crippen LogP contribution < -0.4 is 10.6 Å². The van der Waals surface area contributed by atoms with Crippen molar-refractivity contribution in [2.45, 2.75) is 19.6 Å². The molecule has 5 heteroatoms. The van der Waals surface area contributed by atoms with Crippen LogP contribution in [-0.4, -0.2) is 17.8 Å². The lowest BCUT2D eigenvalue weighted by atomic mass is 10.2. The molecule has 1 amide bonds. The predicted molar refractivity (Wildman–Crippen MR) is 103 cm³/mol. The van der Waals surface area contributed by atoms with Crippen LogP contribution in [0.15, 0.2) is 73.1 Å². The molecule has 0 aliphatic carbocycles. The molecule has 134 valence electrons. The first kappa shape index (κ1) is 17.6. The fraction of sp³-hybridized carbons (Fsp3) is 0.190. The highest BCUT2D eigenvalue weighted by Crippen LogP contribution is 2.12. The molecule has 0 aliphatic rings. The molecule has 0 bridgehead atoms. The van der Waals surface area contributed by atoms with E-state index in [1.54, 1.807) is 0 Å². The molecule has 0 radical (unpaired) electrons. The summed E-state index contributed by atoms with van der Waals surface area (Å²) in [4.78, 5) is 11.1. The van der Waals surface area contributed by atoms with E-state index >= 15 is 0 Å². The van der Waals surface area contributed by atoms with E-state index in [0.717, 1.165) is 24.3 Å². The van der Waals surface area contributed by atoms with Crippen LogP contribution in [0.5, 0.6) is 0 Å². The molecule has 3 aromatic rings. The van der Waals surface area contributed by atoms with Gasteiger partial charge in [-0.15, -0.1) is 0 Å². The van der Waals surface area contributed by atoms with Crippen LogP contribution in [0, 0.1) is 0 Å². The molecule has 0 spiro atoms. The van der Waals surface area contributed by atoms with Crippen molar-refractivity contribution in [1.82, 2.24) is 9.88 Å². The number of rotatable bonds is 7. The molecule has 0 aliphatic heterocycles. The Kier molecular flexibility index (Phi) is 5.93. The van der Waals surface area contributed by atoms with Crippen LogP contribution in [0.3, 0.4) is 0 Å². The number of alkyl carbamates (subject to hydrolysis) is 1. The fourth-order valence-corrected chi connectivity index (χ4v) is 2.68. The van der Waals surface area contributed by atoms with Gasteiger partial charge in [0.25, 0.3) is 0 Å².